The van der Waals surface area contributed by atoms with E-state index in [9.17, 15) is 0 Å². The Morgan fingerprint density at radius 1 is 1.13 bits per heavy atom. The van der Waals surface area contributed by atoms with Gasteiger partial charge in [-0.1, -0.05) is 25.7 Å². The minimum atomic E-state index is 0.143. The van der Waals surface area contributed by atoms with E-state index in [4.69, 9.17) is 5.73 Å². The molecule has 0 bridgehead atoms. The first-order chi connectivity index (χ1) is 7.20. The third-order valence-electron chi connectivity index (χ3n) is 4.31. The standard InChI is InChI=1S/C13H26N2/c1-12-7-3-6-10-15(12)11-13(14)8-4-2-5-9-13/h12H,2-11,14H2,1H3. The van der Waals surface area contributed by atoms with Gasteiger partial charge >= 0.3 is 0 Å². The summed E-state index contributed by atoms with van der Waals surface area (Å²) < 4.78 is 0. The second-order valence-electron chi connectivity index (χ2n) is 5.74. The van der Waals surface area contributed by atoms with E-state index in [1.54, 1.807) is 0 Å². The number of likely N-dealkylation sites (tertiary alicyclic amines) is 1. The zero-order valence-electron chi connectivity index (χ0n) is 10.2. The lowest BCUT2D eigenvalue weighted by Crippen LogP contribution is -2.54. The topological polar surface area (TPSA) is 29.3 Å². The van der Waals surface area contributed by atoms with Gasteiger partial charge < -0.3 is 5.73 Å². The number of piperidine rings is 1. The van der Waals surface area contributed by atoms with Gasteiger partial charge in [-0.25, -0.2) is 0 Å². The van der Waals surface area contributed by atoms with Gasteiger partial charge in [-0.2, -0.15) is 0 Å². The number of rotatable bonds is 2. The normalized spacial score (nSPS) is 32.8. The third-order valence-corrected chi connectivity index (χ3v) is 4.31. The fourth-order valence-electron chi connectivity index (χ4n) is 3.21. The van der Waals surface area contributed by atoms with E-state index in [0.29, 0.717) is 0 Å². The molecule has 2 N–H and O–H groups in total. The summed E-state index contributed by atoms with van der Waals surface area (Å²) in [6.07, 6.45) is 10.7. The molecule has 1 atom stereocenters. The molecular weight excluding hydrogens is 184 g/mol. The van der Waals surface area contributed by atoms with Crippen LogP contribution in [-0.4, -0.2) is 29.6 Å². The molecule has 1 saturated heterocycles. The number of nitrogens with two attached hydrogens (primary N) is 1. The molecule has 88 valence electrons. The van der Waals surface area contributed by atoms with Crippen LogP contribution >= 0.6 is 0 Å². The lowest BCUT2D eigenvalue weighted by molar-refractivity contribution is 0.107. The molecule has 15 heavy (non-hydrogen) atoms. The molecule has 2 heteroatoms. The van der Waals surface area contributed by atoms with Gasteiger partial charge in [0.05, 0.1) is 0 Å². The van der Waals surface area contributed by atoms with E-state index < -0.39 is 0 Å². The summed E-state index contributed by atoms with van der Waals surface area (Å²) in [7, 11) is 0. The van der Waals surface area contributed by atoms with Crippen LogP contribution in [0.15, 0.2) is 0 Å². The van der Waals surface area contributed by atoms with Crippen molar-refractivity contribution in [3.8, 4) is 0 Å². The van der Waals surface area contributed by atoms with Gasteiger partial charge in [-0.3, -0.25) is 4.90 Å². The molecule has 1 unspecified atom stereocenters. The average molecular weight is 210 g/mol. The summed E-state index contributed by atoms with van der Waals surface area (Å²) in [5.41, 5.74) is 6.65. The molecule has 2 nitrogen and oxygen atoms in total. The van der Waals surface area contributed by atoms with E-state index in [0.717, 1.165) is 12.6 Å². The smallest absolute Gasteiger partial charge is 0.0283 e. The molecule has 0 aromatic carbocycles. The number of hydrogen-bond donors (Lipinski definition) is 1. The summed E-state index contributed by atoms with van der Waals surface area (Å²) >= 11 is 0. The van der Waals surface area contributed by atoms with Crippen molar-refractivity contribution >= 4 is 0 Å². The lowest BCUT2D eigenvalue weighted by Gasteiger charge is -2.42. The first-order valence-corrected chi connectivity index (χ1v) is 6.73. The van der Waals surface area contributed by atoms with Gasteiger partial charge in [0.15, 0.2) is 0 Å². The summed E-state index contributed by atoms with van der Waals surface area (Å²) in [5.74, 6) is 0. The van der Waals surface area contributed by atoms with Crippen molar-refractivity contribution in [3.63, 3.8) is 0 Å². The van der Waals surface area contributed by atoms with Crippen molar-refractivity contribution in [2.45, 2.75) is 69.9 Å². The Balaban J connectivity index is 1.88. The molecular formula is C13H26N2. The summed E-state index contributed by atoms with van der Waals surface area (Å²) in [5, 5.41) is 0. The largest absolute Gasteiger partial charge is 0.324 e. The Morgan fingerprint density at radius 2 is 1.87 bits per heavy atom. The van der Waals surface area contributed by atoms with E-state index in [2.05, 4.69) is 11.8 Å². The zero-order chi connectivity index (χ0) is 10.7. The fourth-order valence-corrected chi connectivity index (χ4v) is 3.21. The highest BCUT2D eigenvalue weighted by Crippen LogP contribution is 2.28. The van der Waals surface area contributed by atoms with E-state index in [1.165, 1.54) is 57.9 Å². The summed E-state index contributed by atoms with van der Waals surface area (Å²) in [6, 6.07) is 0.765. The van der Waals surface area contributed by atoms with Crippen LogP contribution in [-0.2, 0) is 0 Å². The Kier molecular flexibility index (Phi) is 3.68. The molecule has 0 spiro atoms. The van der Waals surface area contributed by atoms with Crippen LogP contribution in [0, 0.1) is 0 Å². The van der Waals surface area contributed by atoms with E-state index in [-0.39, 0.29) is 5.54 Å². The van der Waals surface area contributed by atoms with E-state index >= 15 is 0 Å². The van der Waals surface area contributed by atoms with Crippen LogP contribution in [0.5, 0.6) is 0 Å². The zero-order valence-corrected chi connectivity index (χ0v) is 10.2. The van der Waals surface area contributed by atoms with E-state index in [1.807, 2.05) is 0 Å². The predicted octanol–water partition coefficient (Wildman–Crippen LogP) is 2.52. The van der Waals surface area contributed by atoms with Crippen molar-refractivity contribution in [3.05, 3.63) is 0 Å². The predicted molar refractivity (Wildman–Crippen MR) is 64.9 cm³/mol. The van der Waals surface area contributed by atoms with Crippen LogP contribution in [0.1, 0.15) is 58.3 Å². The molecule has 0 amide bonds. The SMILES string of the molecule is CC1CCCCN1CC1(N)CCCCC1. The maximum Gasteiger partial charge on any atom is 0.0283 e. The second-order valence-corrected chi connectivity index (χ2v) is 5.74. The van der Waals surface area contributed by atoms with Crippen LogP contribution in [0.25, 0.3) is 0 Å². The molecule has 1 saturated carbocycles. The minimum Gasteiger partial charge on any atom is -0.324 e. The maximum atomic E-state index is 6.51. The monoisotopic (exact) mass is 210 g/mol. The van der Waals surface area contributed by atoms with Crippen molar-refractivity contribution in [2.75, 3.05) is 13.1 Å². The second kappa shape index (κ2) is 4.84. The highest BCUT2D eigenvalue weighted by molar-refractivity contribution is 4.92. The third kappa shape index (κ3) is 2.94. The molecule has 2 fully saturated rings. The summed E-state index contributed by atoms with van der Waals surface area (Å²) in [6.45, 7) is 4.79. The minimum absolute atomic E-state index is 0.143. The molecule has 2 aliphatic rings. The Labute approximate surface area is 94.2 Å². The maximum absolute atomic E-state index is 6.51. The van der Waals surface area contributed by atoms with Crippen LogP contribution in [0.4, 0.5) is 0 Å². The number of nitrogens with zero attached hydrogens (tertiary/aromatic N) is 1. The van der Waals surface area contributed by atoms with Gasteiger partial charge in [0, 0.05) is 18.1 Å². The molecule has 2 rings (SSSR count). The average Bonchev–Trinajstić information content (AvgIpc) is 2.22. The molecule has 1 heterocycles. The lowest BCUT2D eigenvalue weighted by atomic mass is 9.81. The molecule has 0 aromatic rings. The van der Waals surface area contributed by atoms with Crippen LogP contribution < -0.4 is 5.73 Å². The highest BCUT2D eigenvalue weighted by Gasteiger charge is 2.31. The van der Waals surface area contributed by atoms with Gasteiger partial charge in [-0.05, 0) is 39.2 Å². The Morgan fingerprint density at radius 3 is 2.53 bits per heavy atom. The van der Waals surface area contributed by atoms with Gasteiger partial charge in [0.2, 0.25) is 0 Å². The molecule has 1 aliphatic heterocycles. The summed E-state index contributed by atoms with van der Waals surface area (Å²) in [4.78, 5) is 2.63. The van der Waals surface area contributed by atoms with Gasteiger partial charge in [-0.15, -0.1) is 0 Å². The first kappa shape index (κ1) is 11.4. The van der Waals surface area contributed by atoms with Gasteiger partial charge in [0.25, 0.3) is 0 Å². The van der Waals surface area contributed by atoms with Gasteiger partial charge in [0.1, 0.15) is 0 Å². The van der Waals surface area contributed by atoms with Crippen molar-refractivity contribution in [1.82, 2.24) is 4.90 Å². The van der Waals surface area contributed by atoms with Crippen molar-refractivity contribution in [2.24, 2.45) is 5.73 Å². The highest BCUT2D eigenvalue weighted by atomic mass is 15.2. The van der Waals surface area contributed by atoms with Crippen LogP contribution in [0.3, 0.4) is 0 Å². The molecule has 0 aromatic heterocycles. The van der Waals surface area contributed by atoms with Crippen molar-refractivity contribution in [1.29, 1.82) is 0 Å². The first-order valence-electron chi connectivity index (χ1n) is 6.73. The molecule has 0 radical (unpaired) electrons. The van der Waals surface area contributed by atoms with Crippen LogP contribution in [0.2, 0.25) is 0 Å². The quantitative estimate of drug-likeness (QED) is 0.759. The van der Waals surface area contributed by atoms with Crippen molar-refractivity contribution < 1.29 is 0 Å². The molecule has 1 aliphatic carbocycles. The Bertz CT molecular complexity index is 197. The fraction of sp³-hybridized carbons (Fsp3) is 1.00. The Hall–Kier alpha value is -0.0800. The number of hydrogen-bond acceptors (Lipinski definition) is 2.